The van der Waals surface area contributed by atoms with Crippen LogP contribution in [0.5, 0.6) is 0 Å². The molecule has 0 atom stereocenters. The van der Waals surface area contributed by atoms with Crippen molar-refractivity contribution in [1.29, 1.82) is 0 Å². The number of rotatable bonds is 21. The third-order valence-electron chi connectivity index (χ3n) is 9.41. The van der Waals surface area contributed by atoms with Crippen LogP contribution in [0.4, 0.5) is 0 Å². The lowest BCUT2D eigenvalue weighted by Crippen LogP contribution is -2.69. The van der Waals surface area contributed by atoms with Crippen LogP contribution in [0.1, 0.15) is 150 Å². The number of likely N-dealkylation sites (tertiary alicyclic amines) is 1. The van der Waals surface area contributed by atoms with Gasteiger partial charge < -0.3 is 24.4 Å². The highest BCUT2D eigenvalue weighted by Crippen LogP contribution is 2.48. The summed E-state index contributed by atoms with van der Waals surface area (Å²) in [7, 11) is 0. The fraction of sp³-hybridized carbons (Fsp3) is 0.912. The first-order chi connectivity index (χ1) is 20.3. The molecule has 0 aliphatic carbocycles. The van der Waals surface area contributed by atoms with E-state index in [4.69, 9.17) is 14.2 Å². The van der Waals surface area contributed by atoms with Gasteiger partial charge in [-0.1, -0.05) is 96.8 Å². The van der Waals surface area contributed by atoms with E-state index in [1.165, 1.54) is 83.5 Å². The van der Waals surface area contributed by atoms with Gasteiger partial charge in [-0.25, -0.2) is 0 Å². The number of nitrogens with zero attached hydrogens (tertiary/aromatic N) is 1. The Balaban J connectivity index is 1.60. The van der Waals surface area contributed by atoms with Gasteiger partial charge in [0.25, 0.3) is 0 Å². The van der Waals surface area contributed by atoms with Crippen LogP contribution >= 0.6 is 0 Å². The highest BCUT2D eigenvalue weighted by molar-refractivity contribution is 5.98. The minimum Gasteiger partial charge on any atom is -0.480 e. The molecule has 0 saturated carbocycles. The molecule has 2 fully saturated rings. The summed E-state index contributed by atoms with van der Waals surface area (Å²) in [6, 6.07) is 0. The number of esters is 1. The van der Waals surface area contributed by atoms with Gasteiger partial charge in [-0.15, -0.1) is 0 Å². The number of piperidine rings is 1. The van der Waals surface area contributed by atoms with E-state index < -0.39 is 47.4 Å². The molecule has 43 heavy (non-hydrogen) atoms. The van der Waals surface area contributed by atoms with Crippen molar-refractivity contribution in [2.45, 2.75) is 167 Å². The van der Waals surface area contributed by atoms with E-state index in [2.05, 4.69) is 39.5 Å². The maximum absolute atomic E-state index is 12.4. The first-order valence-electron chi connectivity index (χ1n) is 17.0. The second-order valence-corrected chi connectivity index (χ2v) is 14.2. The lowest BCUT2D eigenvalue weighted by atomic mass is 9.75. The normalized spacial score (nSPS) is 20.6. The Hall–Kier alpha value is -1.71. The Labute approximate surface area is 260 Å². The third-order valence-corrected chi connectivity index (χ3v) is 9.41. The molecule has 0 aromatic heterocycles. The second kappa shape index (κ2) is 17.7. The minimum absolute atomic E-state index is 0.156. The van der Waals surface area contributed by atoms with Crippen LogP contribution in [0.15, 0.2) is 0 Å². The van der Waals surface area contributed by atoms with Crippen LogP contribution in [0, 0.1) is 5.41 Å². The zero-order valence-corrected chi connectivity index (χ0v) is 27.8. The number of carbonyl (C=O) groups excluding carboxylic acids is 1. The van der Waals surface area contributed by atoms with E-state index in [-0.39, 0.29) is 5.97 Å². The van der Waals surface area contributed by atoms with E-state index in [1.807, 2.05) is 0 Å². The Kier molecular flexibility index (Phi) is 15.4. The minimum atomic E-state index is -2.10. The number of unbranched alkanes of at least 4 members (excludes halogenated alkanes) is 14. The van der Waals surface area contributed by atoms with Gasteiger partial charge in [-0.05, 0) is 34.1 Å². The lowest BCUT2D eigenvalue weighted by Gasteiger charge is -2.60. The zero-order valence-electron chi connectivity index (χ0n) is 27.8. The highest BCUT2D eigenvalue weighted by atomic mass is 16.7. The Morgan fingerprint density at radius 1 is 0.674 bits per heavy atom. The molecule has 9 heteroatoms. The Morgan fingerprint density at radius 3 is 1.47 bits per heavy atom. The van der Waals surface area contributed by atoms with Gasteiger partial charge in [-0.2, -0.15) is 0 Å². The fourth-order valence-corrected chi connectivity index (χ4v) is 7.10. The standard InChI is InChI=1S/C34H61NO8/c1-6-7-8-9-10-11-12-13-14-15-16-17-18-19-20-21-28(36)41-23-22-35-31(2,3)24-34(25-32(35,4)5)42-26-33(27-43-34,29(37)38)30(39)40/h6-27H2,1-5H3,(H,37,38)(H,39,40). The van der Waals surface area contributed by atoms with Crippen molar-refractivity contribution in [3.63, 3.8) is 0 Å². The number of hydrogen-bond acceptors (Lipinski definition) is 7. The molecule has 0 aromatic rings. The van der Waals surface area contributed by atoms with E-state index in [0.717, 1.165) is 12.8 Å². The molecule has 0 amide bonds. The molecule has 1 spiro atoms. The van der Waals surface area contributed by atoms with Crippen molar-refractivity contribution in [3.8, 4) is 0 Å². The number of carbonyl (C=O) groups is 3. The van der Waals surface area contributed by atoms with E-state index in [9.17, 15) is 24.6 Å². The van der Waals surface area contributed by atoms with Crippen molar-refractivity contribution in [1.82, 2.24) is 4.90 Å². The average molecular weight is 612 g/mol. The van der Waals surface area contributed by atoms with Crippen LogP contribution in [-0.2, 0) is 28.6 Å². The summed E-state index contributed by atoms with van der Waals surface area (Å²) in [4.78, 5) is 38.0. The van der Waals surface area contributed by atoms with Crippen LogP contribution in [-0.4, -0.2) is 76.3 Å². The lowest BCUT2D eigenvalue weighted by molar-refractivity contribution is -0.336. The maximum Gasteiger partial charge on any atom is 0.325 e. The zero-order chi connectivity index (χ0) is 32.0. The van der Waals surface area contributed by atoms with Crippen molar-refractivity contribution < 1.29 is 38.8 Å². The summed E-state index contributed by atoms with van der Waals surface area (Å²) in [5.41, 5.74) is -2.94. The van der Waals surface area contributed by atoms with Gasteiger partial charge in [0.2, 0.25) is 5.41 Å². The van der Waals surface area contributed by atoms with E-state index in [0.29, 0.717) is 32.4 Å². The number of ether oxygens (including phenoxy) is 3. The summed E-state index contributed by atoms with van der Waals surface area (Å²) in [6.07, 6.45) is 20.7. The molecule has 2 rings (SSSR count). The molecular weight excluding hydrogens is 550 g/mol. The van der Waals surface area contributed by atoms with Crippen LogP contribution < -0.4 is 0 Å². The topological polar surface area (TPSA) is 123 Å². The molecule has 2 aliphatic rings. The van der Waals surface area contributed by atoms with Gasteiger partial charge in [-0.3, -0.25) is 19.3 Å². The van der Waals surface area contributed by atoms with Crippen molar-refractivity contribution in [2.24, 2.45) is 5.41 Å². The summed E-state index contributed by atoms with van der Waals surface area (Å²) >= 11 is 0. The molecule has 9 nitrogen and oxygen atoms in total. The molecule has 2 heterocycles. The molecule has 250 valence electrons. The fourth-order valence-electron chi connectivity index (χ4n) is 7.10. The van der Waals surface area contributed by atoms with Gasteiger partial charge in [0.1, 0.15) is 6.61 Å². The predicted octanol–water partition coefficient (Wildman–Crippen LogP) is 7.34. The van der Waals surface area contributed by atoms with Crippen molar-refractivity contribution in [3.05, 3.63) is 0 Å². The largest absolute Gasteiger partial charge is 0.480 e. The Morgan fingerprint density at radius 2 is 1.07 bits per heavy atom. The molecule has 0 aromatic carbocycles. The third kappa shape index (κ3) is 11.6. The van der Waals surface area contributed by atoms with Gasteiger partial charge in [0.05, 0.1) is 13.2 Å². The summed E-state index contributed by atoms with van der Waals surface area (Å²) in [5, 5.41) is 19.0. The molecular formula is C34H61NO8. The first kappa shape index (κ1) is 37.5. The first-order valence-corrected chi connectivity index (χ1v) is 17.0. The second-order valence-electron chi connectivity index (χ2n) is 14.2. The van der Waals surface area contributed by atoms with Crippen LogP contribution in [0.2, 0.25) is 0 Å². The molecule has 2 saturated heterocycles. The summed E-state index contributed by atoms with van der Waals surface area (Å²) in [5.74, 6) is -4.15. The summed E-state index contributed by atoms with van der Waals surface area (Å²) in [6.45, 7) is 10.4. The summed E-state index contributed by atoms with van der Waals surface area (Å²) < 4.78 is 17.5. The molecule has 0 bridgehead atoms. The number of carboxylic acid groups (broad SMARTS) is 2. The smallest absolute Gasteiger partial charge is 0.325 e. The van der Waals surface area contributed by atoms with Gasteiger partial charge >= 0.3 is 17.9 Å². The van der Waals surface area contributed by atoms with Crippen LogP contribution in [0.25, 0.3) is 0 Å². The number of aliphatic carboxylic acids is 2. The quantitative estimate of drug-likeness (QED) is 0.0779. The monoisotopic (exact) mass is 611 g/mol. The highest BCUT2D eigenvalue weighted by Gasteiger charge is 2.60. The predicted molar refractivity (Wildman–Crippen MR) is 167 cm³/mol. The van der Waals surface area contributed by atoms with Crippen LogP contribution in [0.3, 0.4) is 0 Å². The van der Waals surface area contributed by atoms with Gasteiger partial charge in [0.15, 0.2) is 5.79 Å². The van der Waals surface area contributed by atoms with Crippen molar-refractivity contribution >= 4 is 17.9 Å². The SMILES string of the molecule is CCCCCCCCCCCCCCCCCC(=O)OCCN1C(C)(C)CC2(CC1(C)C)OCC(C(=O)O)(C(=O)O)CO2. The molecule has 0 unspecified atom stereocenters. The molecule has 2 aliphatic heterocycles. The van der Waals surface area contributed by atoms with Crippen molar-refractivity contribution in [2.75, 3.05) is 26.4 Å². The molecule has 2 N–H and O–H groups in total. The molecule has 0 radical (unpaired) electrons. The van der Waals surface area contributed by atoms with Gasteiger partial charge in [0, 0.05) is 36.9 Å². The van der Waals surface area contributed by atoms with E-state index in [1.54, 1.807) is 0 Å². The maximum atomic E-state index is 12.4. The number of carboxylic acids is 2. The Bertz CT molecular complexity index is 826. The van der Waals surface area contributed by atoms with E-state index >= 15 is 0 Å². The number of hydrogen-bond donors (Lipinski definition) is 2. The average Bonchev–Trinajstić information content (AvgIpc) is 2.92.